The van der Waals surface area contributed by atoms with Crippen molar-refractivity contribution in [2.75, 3.05) is 39.6 Å². The second-order valence-corrected chi connectivity index (χ2v) is 17.3. The molecule has 57 heavy (non-hydrogen) atoms. The zero-order valence-corrected chi connectivity index (χ0v) is 38.9. The minimum Gasteiger partial charge on any atom is -0.463 e. The van der Waals surface area contributed by atoms with Crippen LogP contribution in [-0.4, -0.2) is 124 Å². The topological polar surface area (TPSA) is 289 Å². The molecule has 0 fully saturated rings. The highest BCUT2D eigenvalue weighted by Gasteiger charge is 2.19. The molecule has 4 atom stereocenters. The molecule has 4 unspecified atom stereocenters. The van der Waals surface area contributed by atoms with Gasteiger partial charge in [0.25, 0.3) is 0 Å². The lowest BCUT2D eigenvalue weighted by atomic mass is 10.5. The fourth-order valence-electron chi connectivity index (χ4n) is 3.87. The molecular formula is C30H43Br5N6O16. The standard InChI is InChI=1S/C18H24Br3N3O9.C9H15N3O6.C3H4Br2O/c1-10(19)13(25)31-7-4-22-16(28)23(5-8-32-14(26)11(2)20)18(30)24(17(22)29)6-9-33-15(27)12(3)21;13-4-1-10-7(16)11(2-5-14)9(18)12(3-6-15)8(10)17;1-2(4)3(5)6/h10-12H,4-9H2,1-3H3;13-15H,1-6H2;2H,1H3. The first-order valence-electron chi connectivity index (χ1n) is 16.6. The van der Waals surface area contributed by atoms with Crippen molar-refractivity contribution in [3.63, 3.8) is 0 Å². The predicted molar refractivity (Wildman–Crippen MR) is 220 cm³/mol. The Labute approximate surface area is 365 Å². The van der Waals surface area contributed by atoms with E-state index >= 15 is 0 Å². The van der Waals surface area contributed by atoms with Gasteiger partial charge in [-0.2, -0.15) is 0 Å². The largest absolute Gasteiger partial charge is 0.463 e. The summed E-state index contributed by atoms with van der Waals surface area (Å²) in [7, 11) is 0. The Morgan fingerprint density at radius 2 is 0.614 bits per heavy atom. The lowest BCUT2D eigenvalue weighted by Crippen LogP contribution is -2.55. The Balaban J connectivity index is 0.00000108. The number of aliphatic hydroxyl groups excluding tert-OH is 3. The van der Waals surface area contributed by atoms with Crippen molar-refractivity contribution >= 4 is 102 Å². The Kier molecular flexibility index (Phi) is 26.4. The van der Waals surface area contributed by atoms with Crippen molar-refractivity contribution < 1.29 is 48.7 Å². The van der Waals surface area contributed by atoms with E-state index in [0.717, 1.165) is 13.7 Å². The number of hydrogen-bond donors (Lipinski definition) is 3. The normalized spacial score (nSPS) is 12.8. The van der Waals surface area contributed by atoms with Crippen LogP contribution < -0.4 is 34.1 Å². The minimum atomic E-state index is -0.960. The van der Waals surface area contributed by atoms with Gasteiger partial charge in [-0.05, 0) is 43.6 Å². The number of halogens is 5. The van der Waals surface area contributed by atoms with Crippen LogP contribution in [0, 0.1) is 0 Å². The fraction of sp³-hybridized carbons (Fsp3) is 0.667. The highest BCUT2D eigenvalue weighted by atomic mass is 79.9. The van der Waals surface area contributed by atoms with Crippen LogP contribution in [-0.2, 0) is 72.7 Å². The zero-order valence-electron chi connectivity index (χ0n) is 31.0. The van der Waals surface area contributed by atoms with Gasteiger partial charge in [0.05, 0.1) is 63.9 Å². The summed E-state index contributed by atoms with van der Waals surface area (Å²) in [6.45, 7) is 2.47. The predicted octanol–water partition coefficient (Wildman–Crippen LogP) is -2.01. The first-order valence-corrected chi connectivity index (χ1v) is 21.0. The van der Waals surface area contributed by atoms with Crippen LogP contribution in [0.25, 0.3) is 0 Å². The number of hydrogen-bond acceptors (Lipinski definition) is 16. The van der Waals surface area contributed by atoms with Crippen LogP contribution >= 0.6 is 79.6 Å². The summed E-state index contributed by atoms with van der Waals surface area (Å²) in [6.07, 6.45) is 0. The summed E-state index contributed by atoms with van der Waals surface area (Å²) in [5, 5.41) is 26.4. The maximum Gasteiger partial charge on any atom is 0.336 e. The average molecular weight is 1140 g/mol. The van der Waals surface area contributed by atoms with Gasteiger partial charge < -0.3 is 29.5 Å². The van der Waals surface area contributed by atoms with Crippen molar-refractivity contribution in [1.82, 2.24) is 27.4 Å². The molecule has 27 heteroatoms. The molecule has 0 spiro atoms. The summed E-state index contributed by atoms with van der Waals surface area (Å²) < 4.78 is 19.1. The molecule has 22 nitrogen and oxygen atoms in total. The smallest absolute Gasteiger partial charge is 0.336 e. The van der Waals surface area contributed by atoms with Gasteiger partial charge in [-0.15, -0.1) is 0 Å². The molecule has 0 radical (unpaired) electrons. The second kappa shape index (κ2) is 27.8. The average Bonchev–Trinajstić information content (AvgIpc) is 3.14. The molecular weight excluding hydrogens is 1100 g/mol. The Morgan fingerprint density at radius 1 is 0.439 bits per heavy atom. The highest BCUT2D eigenvalue weighted by Crippen LogP contribution is 2.03. The molecule has 2 aromatic rings. The molecule has 0 aliphatic rings. The number of ether oxygens (including phenoxy) is 3. The molecule has 0 amide bonds. The van der Waals surface area contributed by atoms with Gasteiger partial charge in [0, 0.05) is 0 Å². The van der Waals surface area contributed by atoms with Gasteiger partial charge in [-0.25, -0.2) is 56.2 Å². The van der Waals surface area contributed by atoms with E-state index < -0.39 is 86.3 Å². The third-order valence-electron chi connectivity index (χ3n) is 6.71. The molecule has 2 aromatic heterocycles. The number of rotatable bonds is 19. The number of aliphatic hydroxyl groups is 3. The van der Waals surface area contributed by atoms with Crippen LogP contribution in [0.5, 0.6) is 0 Å². The van der Waals surface area contributed by atoms with E-state index in [0.29, 0.717) is 13.7 Å². The van der Waals surface area contributed by atoms with Gasteiger partial charge in [0.2, 0.25) is 4.69 Å². The Bertz CT molecular complexity index is 1750. The van der Waals surface area contributed by atoms with Gasteiger partial charge >= 0.3 is 52.0 Å². The summed E-state index contributed by atoms with van der Waals surface area (Å²) in [5.41, 5.74) is -5.54. The maximum atomic E-state index is 12.8. The minimum absolute atomic E-state index is 0.0116. The van der Waals surface area contributed by atoms with E-state index in [2.05, 4.69) is 79.6 Å². The quantitative estimate of drug-likeness (QED) is 0.0593. The van der Waals surface area contributed by atoms with E-state index in [9.17, 15) is 47.9 Å². The number of esters is 3. The molecule has 0 bridgehead atoms. The van der Waals surface area contributed by atoms with E-state index in [1.165, 1.54) is 0 Å². The van der Waals surface area contributed by atoms with E-state index in [-0.39, 0.29) is 68.6 Å². The van der Waals surface area contributed by atoms with Crippen LogP contribution in [0.3, 0.4) is 0 Å². The summed E-state index contributed by atoms with van der Waals surface area (Å²) in [5.74, 6) is -1.78. The van der Waals surface area contributed by atoms with Crippen molar-refractivity contribution in [2.24, 2.45) is 0 Å². The van der Waals surface area contributed by atoms with Crippen molar-refractivity contribution in [3.8, 4) is 0 Å². The Morgan fingerprint density at radius 3 is 0.754 bits per heavy atom. The molecule has 0 aromatic carbocycles. The molecule has 0 saturated carbocycles. The van der Waals surface area contributed by atoms with Crippen molar-refractivity contribution in [3.05, 3.63) is 62.9 Å². The first-order chi connectivity index (χ1) is 26.6. The van der Waals surface area contributed by atoms with Crippen LogP contribution in [0.15, 0.2) is 28.8 Å². The molecule has 0 aliphatic heterocycles. The number of carbonyl (C=O) groups excluding carboxylic acids is 4. The monoisotopic (exact) mass is 1140 g/mol. The van der Waals surface area contributed by atoms with Crippen LogP contribution in [0.2, 0.25) is 0 Å². The van der Waals surface area contributed by atoms with Crippen molar-refractivity contribution in [2.45, 2.75) is 86.3 Å². The summed E-state index contributed by atoms with van der Waals surface area (Å²) >= 11 is 14.9. The molecule has 2 rings (SSSR count). The van der Waals surface area contributed by atoms with E-state index in [1.54, 1.807) is 27.7 Å². The molecule has 0 saturated heterocycles. The van der Waals surface area contributed by atoms with Gasteiger partial charge in [0.15, 0.2) is 0 Å². The maximum absolute atomic E-state index is 12.8. The number of carbonyl (C=O) groups is 4. The number of nitrogens with zero attached hydrogens (tertiary/aromatic N) is 6. The number of alkyl halides is 4. The van der Waals surface area contributed by atoms with Gasteiger partial charge in [-0.3, -0.25) is 19.2 Å². The SMILES string of the molecule is CC(Br)C(=O)Br.CC(Br)C(=O)OCCn1c(=O)n(CCOC(=O)C(C)Br)c(=O)n(CCOC(=O)C(C)Br)c1=O.O=c1n(CCO)c(=O)n(CCO)c(=O)n1CCO. The highest BCUT2D eigenvalue weighted by molar-refractivity contribution is 9.20. The molecule has 2 heterocycles. The summed E-state index contributed by atoms with van der Waals surface area (Å²) in [4.78, 5) is 117. The van der Waals surface area contributed by atoms with E-state index in [4.69, 9.17) is 29.5 Å². The van der Waals surface area contributed by atoms with Crippen LogP contribution in [0.1, 0.15) is 27.7 Å². The van der Waals surface area contributed by atoms with E-state index in [1.807, 2.05) is 0 Å². The lowest BCUT2D eigenvalue weighted by Gasteiger charge is -2.15. The summed E-state index contributed by atoms with van der Waals surface area (Å²) in [6, 6.07) is 0. The first kappa shape index (κ1) is 54.2. The van der Waals surface area contributed by atoms with Gasteiger partial charge in [0.1, 0.15) is 34.3 Å². The zero-order chi connectivity index (χ0) is 44.2. The third-order valence-corrected chi connectivity index (χ3v) is 9.54. The fourth-order valence-corrected chi connectivity index (χ4v) is 4.27. The Hall–Kier alpha value is -2.82. The molecule has 3 N–H and O–H groups in total. The van der Waals surface area contributed by atoms with Crippen molar-refractivity contribution in [1.29, 1.82) is 0 Å². The number of aromatic nitrogens is 6. The molecule has 324 valence electrons. The second-order valence-electron chi connectivity index (χ2n) is 11.0. The lowest BCUT2D eigenvalue weighted by molar-refractivity contribution is -0.143. The third kappa shape index (κ3) is 17.9. The van der Waals surface area contributed by atoms with Crippen LogP contribution in [0.4, 0.5) is 0 Å². The molecule has 0 aliphatic carbocycles. The van der Waals surface area contributed by atoms with Gasteiger partial charge in [-0.1, -0.05) is 63.7 Å².